The molecule has 0 bridgehead atoms. The number of nitrogens with zero attached hydrogens (tertiary/aromatic N) is 4. The van der Waals surface area contributed by atoms with E-state index >= 15 is 0 Å². The van der Waals surface area contributed by atoms with Gasteiger partial charge in [0.05, 0.1) is 33.4 Å². The fourth-order valence-corrected chi connectivity index (χ4v) is 8.16. The first-order valence-electron chi connectivity index (χ1n) is 15.6. The van der Waals surface area contributed by atoms with Gasteiger partial charge >= 0.3 is 7.12 Å². The third-order valence-corrected chi connectivity index (χ3v) is 12.4. The van der Waals surface area contributed by atoms with Crippen molar-refractivity contribution in [2.45, 2.75) is 69.5 Å². The minimum atomic E-state index is -3.94. The molecule has 4 aromatic heterocycles. The Morgan fingerprint density at radius 3 is 1.50 bits per heavy atom. The smallest absolute Gasteiger partial charge is 0.399 e. The Morgan fingerprint density at radius 2 is 1.04 bits per heavy atom. The van der Waals surface area contributed by atoms with Gasteiger partial charge in [0.25, 0.3) is 20.0 Å². The van der Waals surface area contributed by atoms with E-state index in [0.29, 0.717) is 21.8 Å². The van der Waals surface area contributed by atoms with Crippen molar-refractivity contribution in [2.24, 2.45) is 0 Å². The van der Waals surface area contributed by atoms with Crippen molar-refractivity contribution < 1.29 is 34.9 Å². The van der Waals surface area contributed by atoms with Crippen LogP contribution in [0.4, 0.5) is 8.78 Å². The minimum absolute atomic E-state index is 0.117. The van der Waals surface area contributed by atoms with Crippen LogP contribution in [0.5, 0.6) is 0 Å². The van der Waals surface area contributed by atoms with Gasteiger partial charge in [-0.15, -0.1) is 0 Å². The SMILES string of the molecule is Cc1ccc(S(=O)(=O)n2cc(B3OC(C)(C)C(C)(C)O3)c3cc(F)cnc32)cc1.Cc1ccc(S(=O)(=O)n2cc(C)c3cc(F)cnc32)cc1. The Bertz CT molecular complexity index is 2460. The van der Waals surface area contributed by atoms with Gasteiger partial charge in [0.1, 0.15) is 11.6 Å². The van der Waals surface area contributed by atoms with Crippen molar-refractivity contribution in [1.29, 1.82) is 0 Å². The molecule has 0 radical (unpaired) electrons. The van der Waals surface area contributed by atoms with Crippen molar-refractivity contribution in [3.8, 4) is 0 Å². The predicted octanol–water partition coefficient (Wildman–Crippen LogP) is 6.05. The summed E-state index contributed by atoms with van der Waals surface area (Å²) in [7, 11) is -8.53. The van der Waals surface area contributed by atoms with Crippen LogP contribution in [0.3, 0.4) is 0 Å². The highest BCUT2D eigenvalue weighted by Crippen LogP contribution is 2.37. The minimum Gasteiger partial charge on any atom is -0.399 e. The predicted molar refractivity (Wildman–Crippen MR) is 187 cm³/mol. The molecule has 260 valence electrons. The van der Waals surface area contributed by atoms with Crippen LogP contribution in [-0.2, 0) is 29.4 Å². The van der Waals surface area contributed by atoms with E-state index in [-0.39, 0.29) is 21.1 Å². The van der Waals surface area contributed by atoms with E-state index in [0.717, 1.165) is 31.5 Å². The van der Waals surface area contributed by atoms with Crippen LogP contribution in [0.15, 0.2) is 95.2 Å². The van der Waals surface area contributed by atoms with Crippen LogP contribution < -0.4 is 5.46 Å². The molecule has 1 saturated heterocycles. The van der Waals surface area contributed by atoms with Gasteiger partial charge in [-0.05, 0) is 90.4 Å². The summed E-state index contributed by atoms with van der Waals surface area (Å²) in [4.78, 5) is 8.27. The molecule has 0 amide bonds. The average molecular weight is 721 g/mol. The largest absolute Gasteiger partial charge is 0.497 e. The summed E-state index contributed by atoms with van der Waals surface area (Å²) in [5.74, 6) is -1.06. The Morgan fingerprint density at radius 1 is 0.640 bits per heavy atom. The number of fused-ring (bicyclic) bond motifs is 2. The highest BCUT2D eigenvalue weighted by Gasteiger charge is 2.52. The summed E-state index contributed by atoms with van der Waals surface area (Å²) in [6, 6.07) is 15.6. The van der Waals surface area contributed by atoms with Crippen LogP contribution >= 0.6 is 0 Å². The highest BCUT2D eigenvalue weighted by molar-refractivity contribution is 7.90. The number of rotatable bonds is 5. The first-order valence-corrected chi connectivity index (χ1v) is 18.5. The Balaban J connectivity index is 0.000000182. The van der Waals surface area contributed by atoms with Crippen molar-refractivity contribution >= 4 is 54.7 Å². The maximum Gasteiger partial charge on any atom is 0.497 e. The highest BCUT2D eigenvalue weighted by atomic mass is 32.2. The summed E-state index contributed by atoms with van der Waals surface area (Å²) in [6.45, 7) is 13.1. The van der Waals surface area contributed by atoms with Crippen molar-refractivity contribution in [3.05, 3.63) is 114 Å². The van der Waals surface area contributed by atoms with Gasteiger partial charge in [0.2, 0.25) is 0 Å². The summed E-state index contributed by atoms with van der Waals surface area (Å²) in [6.07, 6.45) is 4.89. The number of benzene rings is 2. The van der Waals surface area contributed by atoms with Gasteiger partial charge in [-0.1, -0.05) is 35.4 Å². The van der Waals surface area contributed by atoms with Crippen LogP contribution in [0.1, 0.15) is 44.4 Å². The van der Waals surface area contributed by atoms with E-state index in [2.05, 4.69) is 9.97 Å². The van der Waals surface area contributed by atoms with Gasteiger partial charge in [0.15, 0.2) is 11.3 Å². The Labute approximate surface area is 290 Å². The molecule has 0 atom stereocenters. The molecule has 1 aliphatic heterocycles. The lowest BCUT2D eigenvalue weighted by Crippen LogP contribution is -2.41. The van der Waals surface area contributed by atoms with Crippen LogP contribution in [0, 0.1) is 32.4 Å². The van der Waals surface area contributed by atoms with Crippen molar-refractivity contribution in [1.82, 2.24) is 17.9 Å². The number of hydrogen-bond donors (Lipinski definition) is 0. The summed E-state index contributed by atoms with van der Waals surface area (Å²) < 4.78 is 93.5. The van der Waals surface area contributed by atoms with Crippen molar-refractivity contribution in [3.63, 3.8) is 0 Å². The molecule has 0 saturated carbocycles. The Kier molecular flexibility index (Phi) is 8.78. The molecule has 10 nitrogen and oxygen atoms in total. The van der Waals surface area contributed by atoms with Gasteiger partial charge in [-0.3, -0.25) is 0 Å². The molecule has 50 heavy (non-hydrogen) atoms. The van der Waals surface area contributed by atoms with Crippen LogP contribution in [0.25, 0.3) is 22.1 Å². The second-order valence-electron chi connectivity index (χ2n) is 13.3. The lowest BCUT2D eigenvalue weighted by Gasteiger charge is -2.32. The molecule has 2 aromatic carbocycles. The molecule has 6 aromatic rings. The molecule has 0 N–H and O–H groups in total. The third kappa shape index (κ3) is 6.23. The van der Waals surface area contributed by atoms with Crippen LogP contribution in [0.2, 0.25) is 0 Å². The monoisotopic (exact) mass is 720 g/mol. The molecule has 1 fully saturated rings. The zero-order chi connectivity index (χ0) is 36.4. The zero-order valence-electron chi connectivity index (χ0n) is 28.5. The quantitative estimate of drug-likeness (QED) is 0.198. The third-order valence-electron chi connectivity index (χ3n) is 9.05. The molecule has 0 spiro atoms. The maximum atomic E-state index is 14.0. The first kappa shape index (κ1) is 35.4. The average Bonchev–Trinajstić information content (AvgIpc) is 3.66. The molecular formula is C35H35BF2N4O6S2. The number of aromatic nitrogens is 4. The second-order valence-corrected chi connectivity index (χ2v) is 16.9. The molecule has 15 heteroatoms. The number of aryl methyl sites for hydroxylation is 3. The molecule has 0 aliphatic carbocycles. The van der Waals surface area contributed by atoms with Crippen LogP contribution in [-0.4, -0.2) is 53.1 Å². The van der Waals surface area contributed by atoms with E-state index in [1.54, 1.807) is 43.3 Å². The molecule has 0 unspecified atom stereocenters. The lowest BCUT2D eigenvalue weighted by molar-refractivity contribution is 0.00578. The second kappa shape index (κ2) is 12.4. The topological polar surface area (TPSA) is 122 Å². The standard InChI is InChI=1S/C20H22BFN2O4S.C15H13FN2O2S/c1-13-6-8-15(9-7-13)29(25,26)24-12-17(16-10-14(22)11-23-18(16)24)21-27-19(2,3)20(4,5)28-21;1-10-3-5-13(6-4-10)21(19,20)18-9-11(2)14-7-12(16)8-17-15(14)18/h6-12H,1-5H3;3-9H,1-2H3. The van der Waals surface area contributed by atoms with E-state index in [1.165, 1.54) is 36.7 Å². The van der Waals surface area contributed by atoms with Gasteiger partial charge in [-0.25, -0.2) is 43.5 Å². The van der Waals surface area contributed by atoms with Gasteiger partial charge < -0.3 is 9.31 Å². The summed E-state index contributed by atoms with van der Waals surface area (Å²) in [5, 5.41) is 0.824. The van der Waals surface area contributed by atoms with Gasteiger partial charge in [-0.2, -0.15) is 0 Å². The molecule has 5 heterocycles. The molecular weight excluding hydrogens is 685 g/mol. The van der Waals surface area contributed by atoms with Crippen molar-refractivity contribution in [2.75, 3.05) is 0 Å². The number of halogens is 2. The maximum absolute atomic E-state index is 14.0. The van der Waals surface area contributed by atoms with E-state index in [4.69, 9.17) is 9.31 Å². The van der Waals surface area contributed by atoms with E-state index < -0.39 is 50.0 Å². The molecule has 7 rings (SSSR count). The lowest BCUT2D eigenvalue weighted by atomic mass is 9.79. The zero-order valence-corrected chi connectivity index (χ0v) is 30.1. The summed E-state index contributed by atoms with van der Waals surface area (Å²) >= 11 is 0. The fourth-order valence-electron chi connectivity index (χ4n) is 5.45. The molecule has 1 aliphatic rings. The van der Waals surface area contributed by atoms with E-state index in [1.807, 2.05) is 41.5 Å². The first-order chi connectivity index (χ1) is 23.3. The normalized spacial score (nSPS) is 15.7. The number of hydrogen-bond acceptors (Lipinski definition) is 8. The summed E-state index contributed by atoms with van der Waals surface area (Å²) in [5.41, 5.74) is 2.10. The van der Waals surface area contributed by atoms with E-state index in [9.17, 15) is 25.6 Å². The van der Waals surface area contributed by atoms with Gasteiger partial charge in [0, 0.05) is 28.6 Å². The fraction of sp³-hybridized carbons (Fsp3) is 0.257. The number of pyridine rings is 2. The Hall–Kier alpha value is -4.44.